The number of carbonyl (C=O) groups is 1. The van der Waals surface area contributed by atoms with Crippen LogP contribution in [0.3, 0.4) is 0 Å². The van der Waals surface area contributed by atoms with Crippen LogP contribution in [0.4, 0.5) is 0 Å². The van der Waals surface area contributed by atoms with Crippen LogP contribution in [0.2, 0.25) is 0 Å². The molecular formula is C24H24N4O2. The standard InChI is InChI=1S/C24H24N4O2/c1-17(16-30-2)26-24(29)20-13-22(19-11-7-4-8-12-19)27-23-21(20)14-25-28(23)15-18-9-5-3-6-10-18/h3-14,17H,15-16H2,1-2H3,(H,26,29)/t17-/m0/s1. The van der Waals surface area contributed by atoms with Gasteiger partial charge in [-0.1, -0.05) is 60.7 Å². The molecule has 0 saturated heterocycles. The number of fused-ring (bicyclic) bond motifs is 1. The predicted octanol–water partition coefficient (Wildman–Crippen LogP) is 3.91. The Morgan fingerprint density at radius 2 is 1.80 bits per heavy atom. The van der Waals surface area contributed by atoms with Crippen LogP contribution in [0.25, 0.3) is 22.3 Å². The fourth-order valence-electron chi connectivity index (χ4n) is 3.46. The number of aromatic nitrogens is 3. The molecule has 2 aromatic carbocycles. The maximum Gasteiger partial charge on any atom is 0.252 e. The summed E-state index contributed by atoms with van der Waals surface area (Å²) in [6.07, 6.45) is 1.72. The molecule has 6 heteroatoms. The van der Waals surface area contributed by atoms with E-state index in [1.165, 1.54) is 0 Å². The highest BCUT2D eigenvalue weighted by atomic mass is 16.5. The smallest absolute Gasteiger partial charge is 0.252 e. The largest absolute Gasteiger partial charge is 0.383 e. The second kappa shape index (κ2) is 8.88. The summed E-state index contributed by atoms with van der Waals surface area (Å²) >= 11 is 0. The Labute approximate surface area is 175 Å². The molecule has 2 heterocycles. The van der Waals surface area contributed by atoms with Crippen molar-refractivity contribution in [1.82, 2.24) is 20.1 Å². The van der Waals surface area contributed by atoms with E-state index in [4.69, 9.17) is 9.72 Å². The number of carbonyl (C=O) groups excluding carboxylic acids is 1. The van der Waals surface area contributed by atoms with Crippen LogP contribution in [0, 0.1) is 0 Å². The molecule has 0 unspecified atom stereocenters. The number of pyridine rings is 1. The minimum Gasteiger partial charge on any atom is -0.383 e. The van der Waals surface area contributed by atoms with Gasteiger partial charge in [0, 0.05) is 18.7 Å². The van der Waals surface area contributed by atoms with Crippen molar-refractivity contribution < 1.29 is 9.53 Å². The van der Waals surface area contributed by atoms with Gasteiger partial charge in [0.05, 0.1) is 36.0 Å². The van der Waals surface area contributed by atoms with E-state index in [0.29, 0.717) is 24.4 Å². The molecule has 152 valence electrons. The van der Waals surface area contributed by atoms with E-state index in [9.17, 15) is 4.79 Å². The van der Waals surface area contributed by atoms with Crippen molar-refractivity contribution >= 4 is 16.9 Å². The Bertz CT molecular complexity index is 1140. The first-order chi connectivity index (χ1) is 14.7. The molecule has 2 aromatic heterocycles. The molecule has 0 saturated carbocycles. The molecular weight excluding hydrogens is 376 g/mol. The summed E-state index contributed by atoms with van der Waals surface area (Å²) in [6.45, 7) is 2.94. The average molecular weight is 400 g/mol. The minimum atomic E-state index is -0.164. The quantitative estimate of drug-likeness (QED) is 0.511. The Morgan fingerprint density at radius 1 is 1.10 bits per heavy atom. The highest BCUT2D eigenvalue weighted by Gasteiger charge is 2.19. The number of nitrogens with zero attached hydrogens (tertiary/aromatic N) is 3. The van der Waals surface area contributed by atoms with Gasteiger partial charge >= 0.3 is 0 Å². The van der Waals surface area contributed by atoms with Crippen molar-refractivity contribution in [1.29, 1.82) is 0 Å². The van der Waals surface area contributed by atoms with Gasteiger partial charge < -0.3 is 10.1 Å². The van der Waals surface area contributed by atoms with Gasteiger partial charge in [-0.3, -0.25) is 4.79 Å². The number of nitrogens with one attached hydrogen (secondary N) is 1. The second-order valence-corrected chi connectivity index (χ2v) is 7.28. The van der Waals surface area contributed by atoms with Crippen LogP contribution in [0.5, 0.6) is 0 Å². The summed E-state index contributed by atoms with van der Waals surface area (Å²) in [7, 11) is 1.62. The van der Waals surface area contributed by atoms with Gasteiger partial charge in [0.25, 0.3) is 5.91 Å². The van der Waals surface area contributed by atoms with Crippen molar-refractivity contribution in [2.24, 2.45) is 0 Å². The molecule has 4 aromatic rings. The lowest BCUT2D eigenvalue weighted by Crippen LogP contribution is -2.35. The molecule has 0 aliphatic carbocycles. The van der Waals surface area contributed by atoms with Gasteiger partial charge in [-0.05, 0) is 18.6 Å². The van der Waals surface area contributed by atoms with Crippen LogP contribution in [0.15, 0.2) is 72.9 Å². The number of methoxy groups -OCH3 is 1. The van der Waals surface area contributed by atoms with Crippen LogP contribution < -0.4 is 5.32 Å². The highest BCUT2D eigenvalue weighted by Crippen LogP contribution is 2.25. The van der Waals surface area contributed by atoms with E-state index < -0.39 is 0 Å². The molecule has 0 radical (unpaired) electrons. The topological polar surface area (TPSA) is 69.0 Å². The number of benzene rings is 2. The lowest BCUT2D eigenvalue weighted by molar-refractivity contribution is 0.0907. The van der Waals surface area contributed by atoms with E-state index in [-0.39, 0.29) is 11.9 Å². The zero-order chi connectivity index (χ0) is 20.9. The number of amides is 1. The Hall–Kier alpha value is -3.51. The first-order valence-corrected chi connectivity index (χ1v) is 9.91. The Morgan fingerprint density at radius 3 is 2.50 bits per heavy atom. The molecule has 30 heavy (non-hydrogen) atoms. The molecule has 1 amide bonds. The highest BCUT2D eigenvalue weighted by molar-refractivity contribution is 6.06. The number of ether oxygens (including phenoxy) is 1. The lowest BCUT2D eigenvalue weighted by atomic mass is 10.1. The van der Waals surface area contributed by atoms with Gasteiger partial charge in [-0.2, -0.15) is 5.10 Å². The van der Waals surface area contributed by atoms with Gasteiger partial charge in [0.15, 0.2) is 5.65 Å². The molecule has 0 aliphatic rings. The van der Waals surface area contributed by atoms with Crippen LogP contribution in [-0.2, 0) is 11.3 Å². The zero-order valence-corrected chi connectivity index (χ0v) is 17.1. The molecule has 0 bridgehead atoms. The molecule has 0 fully saturated rings. The van der Waals surface area contributed by atoms with Crippen molar-refractivity contribution in [2.45, 2.75) is 19.5 Å². The molecule has 4 rings (SSSR count). The predicted molar refractivity (Wildman–Crippen MR) is 117 cm³/mol. The van der Waals surface area contributed by atoms with Crippen molar-refractivity contribution in [3.05, 3.63) is 84.1 Å². The number of hydrogen-bond donors (Lipinski definition) is 1. The fraction of sp³-hybridized carbons (Fsp3) is 0.208. The average Bonchev–Trinajstić information content (AvgIpc) is 3.17. The van der Waals surface area contributed by atoms with Gasteiger partial charge in [-0.15, -0.1) is 0 Å². The number of rotatable bonds is 7. The van der Waals surface area contributed by atoms with Crippen LogP contribution in [0.1, 0.15) is 22.8 Å². The van der Waals surface area contributed by atoms with Crippen molar-refractivity contribution in [3.8, 4) is 11.3 Å². The maximum atomic E-state index is 13.1. The maximum absolute atomic E-state index is 13.1. The third-order valence-corrected chi connectivity index (χ3v) is 4.89. The first-order valence-electron chi connectivity index (χ1n) is 9.91. The van der Waals surface area contributed by atoms with Crippen molar-refractivity contribution in [2.75, 3.05) is 13.7 Å². The Kier molecular flexibility index (Phi) is 5.86. The summed E-state index contributed by atoms with van der Waals surface area (Å²) in [5, 5.41) is 8.26. The molecule has 0 aliphatic heterocycles. The molecule has 6 nitrogen and oxygen atoms in total. The second-order valence-electron chi connectivity index (χ2n) is 7.28. The van der Waals surface area contributed by atoms with E-state index in [1.54, 1.807) is 13.3 Å². The van der Waals surface area contributed by atoms with Gasteiger partial charge in [0.2, 0.25) is 0 Å². The summed E-state index contributed by atoms with van der Waals surface area (Å²) in [6, 6.07) is 21.7. The normalized spacial score (nSPS) is 12.1. The fourth-order valence-corrected chi connectivity index (χ4v) is 3.46. The van der Waals surface area contributed by atoms with Gasteiger partial charge in [-0.25, -0.2) is 9.67 Å². The van der Waals surface area contributed by atoms with Crippen LogP contribution >= 0.6 is 0 Å². The Balaban J connectivity index is 1.80. The lowest BCUT2D eigenvalue weighted by Gasteiger charge is -2.14. The number of hydrogen-bond acceptors (Lipinski definition) is 4. The summed E-state index contributed by atoms with van der Waals surface area (Å²) < 4.78 is 6.99. The molecule has 1 atom stereocenters. The first kappa shape index (κ1) is 19.8. The molecule has 0 spiro atoms. The monoisotopic (exact) mass is 400 g/mol. The zero-order valence-electron chi connectivity index (χ0n) is 17.1. The van der Waals surface area contributed by atoms with E-state index >= 15 is 0 Å². The van der Waals surface area contributed by atoms with Crippen molar-refractivity contribution in [3.63, 3.8) is 0 Å². The van der Waals surface area contributed by atoms with Gasteiger partial charge in [0.1, 0.15) is 0 Å². The third kappa shape index (κ3) is 4.23. The SMILES string of the molecule is COC[C@H](C)NC(=O)c1cc(-c2ccccc2)nc2c1cnn2Cc1ccccc1. The summed E-state index contributed by atoms with van der Waals surface area (Å²) in [5.74, 6) is -0.164. The van der Waals surface area contributed by atoms with E-state index in [2.05, 4.69) is 22.5 Å². The van der Waals surface area contributed by atoms with Crippen LogP contribution in [-0.4, -0.2) is 40.4 Å². The summed E-state index contributed by atoms with van der Waals surface area (Å²) in [5.41, 5.74) is 4.05. The van der Waals surface area contributed by atoms with E-state index in [0.717, 1.165) is 22.2 Å². The summed E-state index contributed by atoms with van der Waals surface area (Å²) in [4.78, 5) is 17.9. The van der Waals surface area contributed by atoms with E-state index in [1.807, 2.05) is 66.2 Å². The minimum absolute atomic E-state index is 0.106. The molecule has 1 N–H and O–H groups in total. The third-order valence-electron chi connectivity index (χ3n) is 4.89.